The molecule has 1 aliphatic rings. The van der Waals surface area contributed by atoms with E-state index < -0.39 is 23.8 Å². The molecule has 10 heteroatoms. The van der Waals surface area contributed by atoms with E-state index in [1.165, 1.54) is 18.2 Å². The number of amides is 4. The number of urea groups is 1. The topological polar surface area (TPSA) is 113 Å². The summed E-state index contributed by atoms with van der Waals surface area (Å²) in [5.41, 5.74) is 3.51. The lowest BCUT2D eigenvalue weighted by Gasteiger charge is -2.27. The molecule has 1 heterocycles. The van der Waals surface area contributed by atoms with Crippen LogP contribution in [0.15, 0.2) is 64.6 Å². The van der Waals surface area contributed by atoms with E-state index in [0.717, 1.165) is 21.6 Å². The van der Waals surface area contributed by atoms with Gasteiger partial charge in [0.05, 0.1) is 19.3 Å². The highest BCUT2D eigenvalue weighted by Gasteiger charge is 2.37. The number of nitrogens with one attached hydrogen (secondary N) is 1. The number of benzene rings is 3. The van der Waals surface area contributed by atoms with Gasteiger partial charge in [-0.2, -0.15) is 0 Å². The molecule has 0 spiro atoms. The van der Waals surface area contributed by atoms with Gasteiger partial charge < -0.3 is 9.84 Å². The van der Waals surface area contributed by atoms with Crippen molar-refractivity contribution >= 4 is 74.1 Å². The number of nitrogens with zero attached hydrogens (tertiary/aromatic N) is 1. The molecule has 4 amide bonds. The fraction of sp³-hybridized carbons (Fsp3) is 0.111. The molecule has 0 radical (unpaired) electrons. The highest BCUT2D eigenvalue weighted by Crippen LogP contribution is 2.34. The second-order valence-electron chi connectivity index (χ2n) is 8.41. The number of carboxylic acid groups (broad SMARTS) is 1. The summed E-state index contributed by atoms with van der Waals surface area (Å²) < 4.78 is 7.24. The van der Waals surface area contributed by atoms with Crippen molar-refractivity contribution < 1.29 is 29.0 Å². The third-order valence-electron chi connectivity index (χ3n) is 5.48. The van der Waals surface area contributed by atoms with Gasteiger partial charge in [-0.1, -0.05) is 18.2 Å². The van der Waals surface area contributed by atoms with E-state index in [4.69, 9.17) is 9.84 Å². The Morgan fingerprint density at radius 3 is 2.30 bits per heavy atom. The molecule has 3 aromatic carbocycles. The second kappa shape index (κ2) is 10.9. The van der Waals surface area contributed by atoms with Crippen LogP contribution in [0.25, 0.3) is 6.08 Å². The van der Waals surface area contributed by atoms with E-state index in [-0.39, 0.29) is 17.7 Å². The molecule has 37 heavy (non-hydrogen) atoms. The van der Waals surface area contributed by atoms with Gasteiger partial charge >= 0.3 is 12.0 Å². The monoisotopic (exact) mass is 674 g/mol. The zero-order valence-electron chi connectivity index (χ0n) is 19.7. The van der Waals surface area contributed by atoms with Gasteiger partial charge in [-0.05, 0) is 117 Å². The molecule has 2 N–H and O–H groups in total. The maximum atomic E-state index is 13.2. The molecule has 0 aliphatic carbocycles. The van der Waals surface area contributed by atoms with Crippen LogP contribution in [0.3, 0.4) is 0 Å². The number of halogens is 2. The number of carboxylic acids is 1. The predicted molar refractivity (Wildman–Crippen MR) is 150 cm³/mol. The molecule has 0 bridgehead atoms. The first-order valence-corrected chi connectivity index (χ1v) is 12.8. The summed E-state index contributed by atoms with van der Waals surface area (Å²) in [4.78, 5) is 50.3. The van der Waals surface area contributed by atoms with Crippen LogP contribution in [0.1, 0.15) is 32.6 Å². The summed E-state index contributed by atoms with van der Waals surface area (Å²) in [6.45, 7) is 3.93. The van der Waals surface area contributed by atoms with Crippen molar-refractivity contribution in [1.82, 2.24) is 5.32 Å². The highest BCUT2D eigenvalue weighted by atomic mass is 127. The molecule has 0 aromatic heterocycles. The molecule has 0 unspecified atom stereocenters. The zero-order valence-corrected chi connectivity index (χ0v) is 23.4. The Morgan fingerprint density at radius 1 is 1.05 bits per heavy atom. The van der Waals surface area contributed by atoms with Gasteiger partial charge in [-0.3, -0.25) is 14.9 Å². The summed E-state index contributed by atoms with van der Waals surface area (Å²) in [6.07, 6.45) is 1.43. The smallest absolute Gasteiger partial charge is 0.335 e. The van der Waals surface area contributed by atoms with Crippen molar-refractivity contribution in [3.63, 3.8) is 0 Å². The van der Waals surface area contributed by atoms with Crippen LogP contribution in [-0.2, 0) is 16.2 Å². The fourth-order valence-electron chi connectivity index (χ4n) is 3.84. The predicted octanol–water partition coefficient (Wildman–Crippen LogP) is 5.61. The summed E-state index contributed by atoms with van der Waals surface area (Å²) in [7, 11) is 0. The normalized spacial score (nSPS) is 14.6. The molecule has 1 fully saturated rings. The van der Waals surface area contributed by atoms with Crippen molar-refractivity contribution in [3.8, 4) is 5.75 Å². The van der Waals surface area contributed by atoms with Crippen molar-refractivity contribution in [2.75, 3.05) is 4.90 Å². The average molecular weight is 675 g/mol. The molecule has 1 aliphatic heterocycles. The number of hydrogen-bond donors (Lipinski definition) is 2. The van der Waals surface area contributed by atoms with Crippen molar-refractivity contribution in [3.05, 3.63) is 96.0 Å². The van der Waals surface area contributed by atoms with Crippen LogP contribution in [0.2, 0.25) is 0 Å². The van der Waals surface area contributed by atoms with E-state index >= 15 is 0 Å². The molecule has 3 aromatic rings. The number of anilines is 1. The van der Waals surface area contributed by atoms with Gasteiger partial charge in [-0.25, -0.2) is 14.5 Å². The van der Waals surface area contributed by atoms with Crippen molar-refractivity contribution in [2.24, 2.45) is 0 Å². The molecular weight excluding hydrogens is 655 g/mol. The molecule has 8 nitrogen and oxygen atoms in total. The number of aryl methyl sites for hydroxylation is 2. The van der Waals surface area contributed by atoms with Crippen LogP contribution in [0, 0.1) is 17.4 Å². The Morgan fingerprint density at radius 2 is 1.70 bits per heavy atom. The highest BCUT2D eigenvalue weighted by molar-refractivity contribution is 14.1. The van der Waals surface area contributed by atoms with Gasteiger partial charge in [0.1, 0.15) is 17.9 Å². The minimum absolute atomic E-state index is 0.173. The number of carbonyl (C=O) groups excluding carboxylic acids is 3. The van der Waals surface area contributed by atoms with Gasteiger partial charge in [0, 0.05) is 0 Å². The first kappa shape index (κ1) is 26.6. The first-order valence-electron chi connectivity index (χ1n) is 11.0. The Balaban J connectivity index is 1.59. The Bertz CT molecular complexity index is 1440. The lowest BCUT2D eigenvalue weighted by atomic mass is 10.1. The Kier molecular flexibility index (Phi) is 7.79. The van der Waals surface area contributed by atoms with Gasteiger partial charge in [0.25, 0.3) is 11.8 Å². The lowest BCUT2D eigenvalue weighted by Crippen LogP contribution is -2.54. The van der Waals surface area contributed by atoms with E-state index in [2.05, 4.69) is 43.8 Å². The first-order chi connectivity index (χ1) is 17.5. The summed E-state index contributed by atoms with van der Waals surface area (Å²) in [5, 5.41) is 11.3. The van der Waals surface area contributed by atoms with E-state index in [1.807, 2.05) is 19.9 Å². The number of hydrogen-bond acceptors (Lipinski definition) is 5. The molecule has 0 atom stereocenters. The maximum absolute atomic E-state index is 13.2. The largest absolute Gasteiger partial charge is 0.487 e. The molecule has 1 saturated heterocycles. The number of rotatable bonds is 6. The Hall–Kier alpha value is -3.51. The van der Waals surface area contributed by atoms with Crippen molar-refractivity contribution in [1.29, 1.82) is 0 Å². The fourth-order valence-corrected chi connectivity index (χ4v) is 5.61. The van der Waals surface area contributed by atoms with Gasteiger partial charge in [0.15, 0.2) is 0 Å². The molecule has 0 saturated carbocycles. The summed E-state index contributed by atoms with van der Waals surface area (Å²) in [5.74, 6) is -1.93. The van der Waals surface area contributed by atoms with E-state index in [0.29, 0.717) is 25.0 Å². The molecule has 188 valence electrons. The summed E-state index contributed by atoms with van der Waals surface area (Å²) in [6, 6.07) is 14.4. The maximum Gasteiger partial charge on any atom is 0.335 e. The lowest BCUT2D eigenvalue weighted by molar-refractivity contribution is -0.122. The third-order valence-corrected chi connectivity index (χ3v) is 6.87. The van der Waals surface area contributed by atoms with E-state index in [9.17, 15) is 19.2 Å². The van der Waals surface area contributed by atoms with E-state index in [1.54, 1.807) is 36.4 Å². The number of carbonyl (C=O) groups is 4. The Labute approximate surface area is 234 Å². The zero-order chi connectivity index (χ0) is 26.9. The minimum atomic E-state index is -0.999. The standard InChI is InChI=1S/C27H20BrIN2O6/c1-14-7-15(2)9-19(8-14)31-25(33)20(24(32)30-27(31)36)10-17-11-21(28)23(22(29)12-17)37-13-16-3-5-18(6-4-16)26(34)35/h3-12H,13H2,1-2H3,(H,34,35)(H,30,32,36)/b20-10+. The minimum Gasteiger partial charge on any atom is -0.487 e. The van der Waals surface area contributed by atoms with Crippen LogP contribution in [0.4, 0.5) is 10.5 Å². The quantitative estimate of drug-likeness (QED) is 0.200. The SMILES string of the molecule is Cc1cc(C)cc(N2C(=O)NC(=O)/C(=C\c3cc(Br)c(OCc4ccc(C(=O)O)cc4)c(I)c3)C2=O)c1. The van der Waals surface area contributed by atoms with Crippen LogP contribution in [-0.4, -0.2) is 28.9 Å². The van der Waals surface area contributed by atoms with Crippen LogP contribution in [0.5, 0.6) is 5.75 Å². The average Bonchev–Trinajstić information content (AvgIpc) is 2.81. The number of ether oxygens (including phenoxy) is 1. The van der Waals surface area contributed by atoms with Crippen LogP contribution >= 0.6 is 38.5 Å². The van der Waals surface area contributed by atoms with Crippen molar-refractivity contribution in [2.45, 2.75) is 20.5 Å². The summed E-state index contributed by atoms with van der Waals surface area (Å²) >= 11 is 5.57. The van der Waals surface area contributed by atoms with Crippen LogP contribution < -0.4 is 15.0 Å². The van der Waals surface area contributed by atoms with Gasteiger partial charge in [-0.15, -0.1) is 0 Å². The number of barbiturate groups is 1. The second-order valence-corrected chi connectivity index (χ2v) is 10.4. The molecule has 4 rings (SSSR count). The number of aromatic carboxylic acids is 1. The number of imide groups is 2. The van der Waals surface area contributed by atoms with Gasteiger partial charge in [0.2, 0.25) is 0 Å². The molecular formula is C27H20BrIN2O6. The third kappa shape index (κ3) is 5.91.